The number of allylic oxidation sites excluding steroid dienone is 1. The van der Waals surface area contributed by atoms with Gasteiger partial charge in [-0.05, 0) is 12.5 Å². The van der Waals surface area contributed by atoms with Crippen LogP contribution in [-0.4, -0.2) is 18.9 Å². The predicted molar refractivity (Wildman–Crippen MR) is 50.2 cm³/mol. The molecule has 1 atom stereocenters. The molecule has 0 saturated carbocycles. The smallest absolute Gasteiger partial charge is 0.293 e. The number of carbonyl (C=O) groups is 2. The summed E-state index contributed by atoms with van der Waals surface area (Å²) in [6.07, 6.45) is 3.61. The molecule has 0 bridgehead atoms. The Morgan fingerprint density at radius 2 is 2.31 bits per heavy atom. The van der Waals surface area contributed by atoms with Crippen LogP contribution in [0.5, 0.6) is 0 Å². The van der Waals surface area contributed by atoms with Crippen molar-refractivity contribution in [3.8, 4) is 0 Å². The summed E-state index contributed by atoms with van der Waals surface area (Å²) in [5, 5.41) is 0. The van der Waals surface area contributed by atoms with E-state index in [0.29, 0.717) is 19.5 Å². The molecule has 0 fully saturated rings. The van der Waals surface area contributed by atoms with Crippen LogP contribution in [0.1, 0.15) is 26.2 Å². The number of hydrogen-bond acceptors (Lipinski definition) is 3. The molecule has 0 saturated heterocycles. The summed E-state index contributed by atoms with van der Waals surface area (Å²) in [4.78, 5) is 20.9. The molecule has 0 N–H and O–H groups in total. The van der Waals surface area contributed by atoms with Crippen molar-refractivity contribution in [2.75, 3.05) is 6.61 Å². The van der Waals surface area contributed by atoms with Gasteiger partial charge in [0.1, 0.15) is 0 Å². The average molecular weight is 184 g/mol. The fourth-order valence-corrected chi connectivity index (χ4v) is 1.20. The lowest BCUT2D eigenvalue weighted by Crippen LogP contribution is -2.13. The number of ketones is 1. The minimum absolute atomic E-state index is 0.00736. The highest BCUT2D eigenvalue weighted by molar-refractivity contribution is 5.89. The Labute approximate surface area is 78.8 Å². The van der Waals surface area contributed by atoms with Crippen LogP contribution in [0.3, 0.4) is 0 Å². The molecule has 13 heavy (non-hydrogen) atoms. The molecule has 0 spiro atoms. The van der Waals surface area contributed by atoms with Gasteiger partial charge in [0, 0.05) is 12.3 Å². The van der Waals surface area contributed by atoms with Crippen LogP contribution in [0.15, 0.2) is 12.7 Å². The number of carbonyl (C=O) groups excluding carboxylic acids is 2. The predicted octanol–water partition coefficient (Wildman–Crippen LogP) is 1.72. The van der Waals surface area contributed by atoms with E-state index in [9.17, 15) is 9.59 Å². The van der Waals surface area contributed by atoms with E-state index < -0.39 is 0 Å². The Hall–Kier alpha value is -1.12. The van der Waals surface area contributed by atoms with E-state index in [2.05, 4.69) is 11.3 Å². The van der Waals surface area contributed by atoms with Gasteiger partial charge >= 0.3 is 0 Å². The largest absolute Gasteiger partial charge is 0.468 e. The van der Waals surface area contributed by atoms with Crippen molar-refractivity contribution in [1.82, 2.24) is 0 Å². The topological polar surface area (TPSA) is 43.4 Å². The lowest BCUT2D eigenvalue weighted by molar-refractivity contribution is -0.131. The molecular weight excluding hydrogens is 168 g/mol. The van der Waals surface area contributed by atoms with E-state index in [4.69, 9.17) is 0 Å². The summed E-state index contributed by atoms with van der Waals surface area (Å²) in [6.45, 7) is 6.18. The standard InChI is InChI=1S/C10H16O3/c1-3-5-9(7-13-8-11)6-10(12)4-2/h4,8-9H,2-3,5-7H2,1H3. The van der Waals surface area contributed by atoms with Gasteiger partial charge in [-0.3, -0.25) is 9.59 Å². The second-order valence-electron chi connectivity index (χ2n) is 2.96. The van der Waals surface area contributed by atoms with Crippen LogP contribution in [0.25, 0.3) is 0 Å². The molecule has 0 aromatic heterocycles. The molecule has 0 aromatic carbocycles. The third-order valence-corrected chi connectivity index (χ3v) is 1.81. The summed E-state index contributed by atoms with van der Waals surface area (Å²) < 4.78 is 4.63. The van der Waals surface area contributed by atoms with Gasteiger partial charge in [0.25, 0.3) is 6.47 Å². The Kier molecular flexibility index (Phi) is 6.88. The highest BCUT2D eigenvalue weighted by atomic mass is 16.5. The maximum Gasteiger partial charge on any atom is 0.293 e. The van der Waals surface area contributed by atoms with Crippen molar-refractivity contribution in [2.24, 2.45) is 5.92 Å². The van der Waals surface area contributed by atoms with Gasteiger partial charge < -0.3 is 4.74 Å². The molecule has 0 heterocycles. The number of hydrogen-bond donors (Lipinski definition) is 0. The third kappa shape index (κ3) is 6.08. The van der Waals surface area contributed by atoms with Gasteiger partial charge in [-0.2, -0.15) is 0 Å². The first-order valence-corrected chi connectivity index (χ1v) is 4.45. The average Bonchev–Trinajstić information content (AvgIpc) is 2.14. The van der Waals surface area contributed by atoms with Gasteiger partial charge in [-0.25, -0.2) is 0 Å². The highest BCUT2D eigenvalue weighted by Gasteiger charge is 2.11. The van der Waals surface area contributed by atoms with Crippen molar-refractivity contribution < 1.29 is 14.3 Å². The minimum atomic E-state index is 0.00736. The normalized spacial score (nSPS) is 11.8. The van der Waals surface area contributed by atoms with Crippen molar-refractivity contribution in [2.45, 2.75) is 26.2 Å². The van der Waals surface area contributed by atoms with Crippen LogP contribution in [0, 0.1) is 5.92 Å². The van der Waals surface area contributed by atoms with Crippen LogP contribution >= 0.6 is 0 Å². The first-order chi connectivity index (χ1) is 6.24. The van der Waals surface area contributed by atoms with Crippen molar-refractivity contribution in [3.63, 3.8) is 0 Å². The van der Waals surface area contributed by atoms with E-state index in [-0.39, 0.29) is 11.7 Å². The zero-order valence-corrected chi connectivity index (χ0v) is 7.99. The maximum absolute atomic E-state index is 11.0. The molecule has 0 aliphatic rings. The Morgan fingerprint density at radius 3 is 2.77 bits per heavy atom. The lowest BCUT2D eigenvalue weighted by Gasteiger charge is -2.12. The quantitative estimate of drug-likeness (QED) is 0.426. The fourth-order valence-electron chi connectivity index (χ4n) is 1.20. The molecular formula is C10H16O3. The number of rotatable bonds is 8. The molecule has 3 heteroatoms. The molecule has 1 unspecified atom stereocenters. The van der Waals surface area contributed by atoms with Gasteiger partial charge in [0.05, 0.1) is 6.61 Å². The maximum atomic E-state index is 11.0. The van der Waals surface area contributed by atoms with E-state index in [1.165, 1.54) is 6.08 Å². The zero-order valence-electron chi connectivity index (χ0n) is 7.99. The molecule has 0 aliphatic carbocycles. The van der Waals surface area contributed by atoms with Crippen molar-refractivity contribution in [3.05, 3.63) is 12.7 Å². The summed E-state index contributed by atoms with van der Waals surface area (Å²) >= 11 is 0. The molecule has 0 rings (SSSR count). The fraction of sp³-hybridized carbons (Fsp3) is 0.600. The van der Waals surface area contributed by atoms with Crippen LogP contribution in [0.4, 0.5) is 0 Å². The molecule has 0 amide bonds. The zero-order chi connectivity index (χ0) is 10.1. The first kappa shape index (κ1) is 11.9. The summed E-state index contributed by atoms with van der Waals surface area (Å²) in [6, 6.07) is 0. The van der Waals surface area contributed by atoms with Crippen molar-refractivity contribution >= 4 is 12.3 Å². The van der Waals surface area contributed by atoms with E-state index in [1.54, 1.807) is 0 Å². The number of ether oxygens (including phenoxy) is 1. The lowest BCUT2D eigenvalue weighted by atomic mass is 9.98. The van der Waals surface area contributed by atoms with Gasteiger partial charge in [0.15, 0.2) is 5.78 Å². The first-order valence-electron chi connectivity index (χ1n) is 4.45. The van der Waals surface area contributed by atoms with Crippen molar-refractivity contribution in [1.29, 1.82) is 0 Å². The van der Waals surface area contributed by atoms with E-state index >= 15 is 0 Å². The molecule has 3 nitrogen and oxygen atoms in total. The van der Waals surface area contributed by atoms with E-state index in [0.717, 1.165) is 12.8 Å². The Balaban J connectivity index is 3.84. The summed E-state index contributed by atoms with van der Waals surface area (Å²) in [5.74, 6) is 0.147. The van der Waals surface area contributed by atoms with E-state index in [1.807, 2.05) is 6.92 Å². The van der Waals surface area contributed by atoms with Crippen LogP contribution < -0.4 is 0 Å². The van der Waals surface area contributed by atoms with Crippen LogP contribution in [-0.2, 0) is 14.3 Å². The second-order valence-corrected chi connectivity index (χ2v) is 2.96. The third-order valence-electron chi connectivity index (χ3n) is 1.81. The highest BCUT2D eigenvalue weighted by Crippen LogP contribution is 2.12. The SMILES string of the molecule is C=CC(=O)CC(CCC)COC=O. The van der Waals surface area contributed by atoms with Gasteiger partial charge in [-0.1, -0.05) is 19.9 Å². The van der Waals surface area contributed by atoms with Gasteiger partial charge in [0.2, 0.25) is 0 Å². The Morgan fingerprint density at radius 1 is 1.62 bits per heavy atom. The second kappa shape index (κ2) is 7.53. The molecule has 0 radical (unpaired) electrons. The molecule has 74 valence electrons. The summed E-state index contributed by atoms with van der Waals surface area (Å²) in [7, 11) is 0. The van der Waals surface area contributed by atoms with Gasteiger partial charge in [-0.15, -0.1) is 0 Å². The molecule has 0 aliphatic heterocycles. The monoisotopic (exact) mass is 184 g/mol. The minimum Gasteiger partial charge on any atom is -0.468 e. The summed E-state index contributed by atoms with van der Waals surface area (Å²) in [5.41, 5.74) is 0. The molecule has 0 aromatic rings. The Bertz CT molecular complexity index is 175. The van der Waals surface area contributed by atoms with Crippen LogP contribution in [0.2, 0.25) is 0 Å².